The molecule has 4 atom stereocenters. The minimum atomic E-state index is -0.807. The number of carboxylic acid groups (broad SMARTS) is 1. The fourth-order valence-corrected chi connectivity index (χ4v) is 5.39. The molecular formula is C28H36O5. The molecule has 1 fully saturated rings. The van der Waals surface area contributed by atoms with Gasteiger partial charge in [0.2, 0.25) is 0 Å². The summed E-state index contributed by atoms with van der Waals surface area (Å²) < 4.78 is 18.9. The second-order valence-electron chi connectivity index (χ2n) is 10.2. The highest BCUT2D eigenvalue weighted by Crippen LogP contribution is 2.54. The van der Waals surface area contributed by atoms with Crippen molar-refractivity contribution >= 4 is 5.97 Å². The minimum absolute atomic E-state index is 0.0382. The average molecular weight is 453 g/mol. The molecule has 2 aromatic rings. The molecule has 1 saturated heterocycles. The van der Waals surface area contributed by atoms with Gasteiger partial charge in [-0.25, -0.2) is 0 Å². The Bertz CT molecular complexity index is 1010. The van der Waals surface area contributed by atoms with Crippen LogP contribution in [0, 0.1) is 18.8 Å². The quantitative estimate of drug-likeness (QED) is 0.576. The van der Waals surface area contributed by atoms with Gasteiger partial charge >= 0.3 is 5.97 Å². The summed E-state index contributed by atoms with van der Waals surface area (Å²) in [5.41, 5.74) is 3.92. The van der Waals surface area contributed by atoms with Gasteiger partial charge in [0.1, 0.15) is 17.1 Å². The van der Waals surface area contributed by atoms with E-state index >= 15 is 0 Å². The van der Waals surface area contributed by atoms with Crippen LogP contribution in [0.25, 0.3) is 0 Å². The van der Waals surface area contributed by atoms with Gasteiger partial charge in [-0.3, -0.25) is 4.79 Å². The van der Waals surface area contributed by atoms with E-state index in [1.807, 2.05) is 31.2 Å². The number of carboxylic acids is 1. The lowest BCUT2D eigenvalue weighted by atomic mass is 9.70. The molecule has 0 saturated carbocycles. The molecular weight excluding hydrogens is 416 g/mol. The van der Waals surface area contributed by atoms with Crippen molar-refractivity contribution in [1.29, 1.82) is 0 Å². The Morgan fingerprint density at radius 2 is 1.88 bits per heavy atom. The van der Waals surface area contributed by atoms with Crippen LogP contribution in [-0.4, -0.2) is 29.4 Å². The van der Waals surface area contributed by atoms with Gasteiger partial charge < -0.3 is 19.3 Å². The maximum absolute atomic E-state index is 12.3. The van der Waals surface area contributed by atoms with E-state index in [1.54, 1.807) is 0 Å². The molecule has 33 heavy (non-hydrogen) atoms. The smallest absolute Gasteiger partial charge is 0.309 e. The molecule has 5 nitrogen and oxygen atoms in total. The van der Waals surface area contributed by atoms with E-state index in [0.29, 0.717) is 25.4 Å². The first-order chi connectivity index (χ1) is 15.6. The predicted molar refractivity (Wildman–Crippen MR) is 128 cm³/mol. The van der Waals surface area contributed by atoms with Crippen LogP contribution in [0.5, 0.6) is 11.5 Å². The first-order valence-electron chi connectivity index (χ1n) is 12.0. The molecule has 1 N–H and O–H groups in total. The van der Waals surface area contributed by atoms with Crippen molar-refractivity contribution in [1.82, 2.24) is 0 Å². The zero-order valence-electron chi connectivity index (χ0n) is 20.6. The Kier molecular flexibility index (Phi) is 6.45. The van der Waals surface area contributed by atoms with E-state index < -0.39 is 23.6 Å². The molecule has 2 aromatic carbocycles. The lowest BCUT2D eigenvalue weighted by Crippen LogP contribution is -2.53. The number of rotatable bonds is 6. The van der Waals surface area contributed by atoms with Crippen LogP contribution in [0.2, 0.25) is 0 Å². The van der Waals surface area contributed by atoms with Gasteiger partial charge in [0.25, 0.3) is 0 Å². The van der Waals surface area contributed by atoms with E-state index in [2.05, 4.69) is 46.8 Å². The van der Waals surface area contributed by atoms with Gasteiger partial charge in [-0.2, -0.15) is 0 Å². The molecule has 0 radical (unpaired) electrons. The van der Waals surface area contributed by atoms with Gasteiger partial charge in [-0.15, -0.1) is 0 Å². The van der Waals surface area contributed by atoms with Crippen LogP contribution in [0.1, 0.15) is 75.3 Å². The van der Waals surface area contributed by atoms with Crippen molar-refractivity contribution < 1.29 is 24.1 Å². The Labute approximate surface area is 197 Å². The number of benzene rings is 2. The Morgan fingerprint density at radius 3 is 2.48 bits per heavy atom. The molecule has 0 amide bonds. The van der Waals surface area contributed by atoms with Crippen LogP contribution >= 0.6 is 0 Å². The van der Waals surface area contributed by atoms with Crippen LogP contribution in [0.3, 0.4) is 0 Å². The van der Waals surface area contributed by atoms with E-state index in [-0.39, 0.29) is 12.0 Å². The summed E-state index contributed by atoms with van der Waals surface area (Å²) >= 11 is 0. The third-order valence-corrected chi connectivity index (χ3v) is 7.24. The van der Waals surface area contributed by atoms with Crippen molar-refractivity contribution in [2.45, 2.75) is 78.1 Å². The molecule has 0 unspecified atom stereocenters. The molecule has 2 aliphatic rings. The third-order valence-electron chi connectivity index (χ3n) is 7.24. The molecule has 0 aliphatic carbocycles. The highest BCUT2D eigenvalue weighted by Gasteiger charge is 2.52. The van der Waals surface area contributed by atoms with Gasteiger partial charge in [-0.05, 0) is 75.3 Å². The normalized spacial score (nSPS) is 25.7. The topological polar surface area (TPSA) is 65.0 Å². The first-order valence-corrected chi connectivity index (χ1v) is 12.0. The second kappa shape index (κ2) is 9.02. The maximum Gasteiger partial charge on any atom is 0.309 e. The van der Waals surface area contributed by atoms with Gasteiger partial charge in [0.15, 0.2) is 0 Å². The lowest BCUT2D eigenvalue weighted by molar-refractivity contribution is -0.187. The summed E-state index contributed by atoms with van der Waals surface area (Å²) in [6, 6.07) is 12.2. The van der Waals surface area contributed by atoms with Crippen LogP contribution in [0.4, 0.5) is 0 Å². The molecule has 2 aliphatic heterocycles. The van der Waals surface area contributed by atoms with E-state index in [1.165, 1.54) is 5.56 Å². The molecule has 178 valence electrons. The fourth-order valence-electron chi connectivity index (χ4n) is 5.39. The summed E-state index contributed by atoms with van der Waals surface area (Å²) in [5, 5.41) is 10.1. The zero-order chi connectivity index (χ0) is 23.9. The predicted octanol–water partition coefficient (Wildman–Crippen LogP) is 6.08. The second-order valence-corrected chi connectivity index (χ2v) is 10.2. The summed E-state index contributed by atoms with van der Waals surface area (Å²) in [7, 11) is 0. The number of hydrogen-bond acceptors (Lipinski definition) is 4. The van der Waals surface area contributed by atoms with Crippen LogP contribution in [-0.2, 0) is 16.0 Å². The molecule has 0 spiro atoms. The zero-order valence-corrected chi connectivity index (χ0v) is 20.6. The van der Waals surface area contributed by atoms with E-state index in [4.69, 9.17) is 14.2 Å². The van der Waals surface area contributed by atoms with Crippen molar-refractivity contribution in [3.63, 3.8) is 0 Å². The van der Waals surface area contributed by atoms with Crippen molar-refractivity contribution in [3.05, 3.63) is 58.7 Å². The van der Waals surface area contributed by atoms with E-state index in [0.717, 1.165) is 28.2 Å². The number of carbonyl (C=O) groups is 1. The van der Waals surface area contributed by atoms with Gasteiger partial charge in [-0.1, -0.05) is 38.1 Å². The summed E-state index contributed by atoms with van der Waals surface area (Å²) in [6.07, 6.45) is 0.474. The SMILES string of the molecule is CCOc1ccc(C[C@@H]2O[C@@H]3c4c(C)ccc(C(C)C)c4OC(C)(C)[C@H]3C[C@@H]2C(=O)O)cc1. The van der Waals surface area contributed by atoms with E-state index in [9.17, 15) is 9.90 Å². The first kappa shape index (κ1) is 23.6. The number of ether oxygens (including phenoxy) is 3. The largest absolute Gasteiger partial charge is 0.494 e. The molecule has 4 rings (SSSR count). The highest BCUT2D eigenvalue weighted by atomic mass is 16.5. The molecule has 5 heteroatoms. The maximum atomic E-state index is 12.3. The van der Waals surface area contributed by atoms with Crippen molar-refractivity contribution in [2.75, 3.05) is 6.61 Å². The number of fused-ring (bicyclic) bond motifs is 3. The number of hydrogen-bond donors (Lipinski definition) is 1. The Morgan fingerprint density at radius 1 is 1.18 bits per heavy atom. The number of aliphatic carboxylic acids is 1. The Hall–Kier alpha value is -2.53. The van der Waals surface area contributed by atoms with Crippen LogP contribution < -0.4 is 9.47 Å². The summed E-state index contributed by atoms with van der Waals surface area (Å²) in [4.78, 5) is 12.3. The lowest BCUT2D eigenvalue weighted by Gasteiger charge is -2.51. The van der Waals surface area contributed by atoms with Gasteiger partial charge in [0, 0.05) is 11.5 Å². The third kappa shape index (κ3) is 4.48. The van der Waals surface area contributed by atoms with Gasteiger partial charge in [0.05, 0.1) is 24.7 Å². The summed E-state index contributed by atoms with van der Waals surface area (Å²) in [5.74, 6) is 0.627. The highest BCUT2D eigenvalue weighted by molar-refractivity contribution is 5.71. The van der Waals surface area contributed by atoms with Crippen molar-refractivity contribution in [3.8, 4) is 11.5 Å². The molecule has 0 aromatic heterocycles. The van der Waals surface area contributed by atoms with Crippen molar-refractivity contribution in [2.24, 2.45) is 11.8 Å². The average Bonchev–Trinajstić information content (AvgIpc) is 2.74. The Balaban J connectivity index is 1.71. The summed E-state index contributed by atoms with van der Waals surface area (Å²) in [6.45, 7) is 13.1. The standard InChI is InChI=1S/C28H36O5/c1-7-31-19-11-9-18(10-12-19)14-23-21(27(29)30)15-22-26(32-23)24-17(4)8-13-20(16(2)3)25(24)33-28(22,5)6/h8-13,16,21-23,26H,7,14-15H2,1-6H3,(H,29,30)/t21-,22-,23-,26-/m0/s1. The molecule has 0 bridgehead atoms. The monoisotopic (exact) mass is 452 g/mol. The fraction of sp³-hybridized carbons (Fsp3) is 0.536. The number of aryl methyl sites for hydroxylation is 1. The minimum Gasteiger partial charge on any atom is -0.494 e. The molecule has 2 heterocycles. The van der Waals surface area contributed by atoms with Crippen LogP contribution in [0.15, 0.2) is 36.4 Å².